The third-order valence-corrected chi connectivity index (χ3v) is 5.50. The van der Waals surface area contributed by atoms with Crippen LogP contribution in [0.3, 0.4) is 0 Å². The van der Waals surface area contributed by atoms with E-state index in [0.29, 0.717) is 11.5 Å². The number of hydrogen-bond donors (Lipinski definition) is 1. The first-order chi connectivity index (χ1) is 9.77. The van der Waals surface area contributed by atoms with E-state index in [-0.39, 0.29) is 5.82 Å². The molecule has 1 aromatic rings. The molecule has 0 aliphatic heterocycles. The van der Waals surface area contributed by atoms with Crippen LogP contribution in [-0.4, -0.2) is 12.6 Å². The van der Waals surface area contributed by atoms with Gasteiger partial charge in [0.2, 0.25) is 0 Å². The van der Waals surface area contributed by atoms with Crippen molar-refractivity contribution in [3.05, 3.63) is 35.6 Å². The van der Waals surface area contributed by atoms with Crippen LogP contribution >= 0.6 is 0 Å². The maximum atomic E-state index is 13.5. The van der Waals surface area contributed by atoms with E-state index in [1.807, 2.05) is 12.1 Å². The highest BCUT2D eigenvalue weighted by Crippen LogP contribution is 2.48. The van der Waals surface area contributed by atoms with Crippen LogP contribution < -0.4 is 5.32 Å². The molecular formula is C18H26FN. The summed E-state index contributed by atoms with van der Waals surface area (Å²) in [7, 11) is 0. The third-order valence-electron chi connectivity index (χ3n) is 5.50. The molecule has 0 heterocycles. The number of hydrogen-bond acceptors (Lipinski definition) is 1. The van der Waals surface area contributed by atoms with E-state index in [0.717, 1.165) is 18.5 Å². The van der Waals surface area contributed by atoms with E-state index in [9.17, 15) is 4.39 Å². The lowest BCUT2D eigenvalue weighted by Crippen LogP contribution is -2.37. The van der Waals surface area contributed by atoms with Crippen LogP contribution in [0, 0.1) is 11.2 Å². The Labute approximate surface area is 122 Å². The van der Waals surface area contributed by atoms with Gasteiger partial charge in [0, 0.05) is 6.04 Å². The molecule has 0 bridgehead atoms. The highest BCUT2D eigenvalue weighted by molar-refractivity contribution is 5.17. The summed E-state index contributed by atoms with van der Waals surface area (Å²) in [6.45, 7) is 0.901. The summed E-state index contributed by atoms with van der Waals surface area (Å²) in [6.07, 6.45) is 12.1. The van der Waals surface area contributed by atoms with Gasteiger partial charge in [-0.15, -0.1) is 0 Å². The third kappa shape index (κ3) is 3.22. The molecule has 2 saturated carbocycles. The first kappa shape index (κ1) is 14.1. The molecule has 2 aliphatic rings. The Morgan fingerprint density at radius 3 is 2.45 bits per heavy atom. The Kier molecular flexibility index (Phi) is 4.40. The molecular weight excluding hydrogens is 249 g/mol. The van der Waals surface area contributed by atoms with Crippen LogP contribution in [0.4, 0.5) is 4.39 Å². The van der Waals surface area contributed by atoms with Crippen molar-refractivity contribution in [2.24, 2.45) is 5.41 Å². The molecule has 1 nitrogen and oxygen atoms in total. The maximum Gasteiger partial charge on any atom is 0.126 e. The summed E-state index contributed by atoms with van der Waals surface area (Å²) >= 11 is 0. The van der Waals surface area contributed by atoms with Gasteiger partial charge in [0.25, 0.3) is 0 Å². The van der Waals surface area contributed by atoms with Gasteiger partial charge in [0.1, 0.15) is 5.82 Å². The minimum absolute atomic E-state index is 0.0668. The first-order valence-corrected chi connectivity index (χ1v) is 8.24. The Morgan fingerprint density at radius 1 is 1.05 bits per heavy atom. The van der Waals surface area contributed by atoms with E-state index in [4.69, 9.17) is 0 Å². The SMILES string of the molecule is Fc1ccccc1CCNC1CCC2(CCCC2)CC1. The lowest BCUT2D eigenvalue weighted by molar-refractivity contribution is 0.169. The molecule has 2 aliphatic carbocycles. The molecule has 2 fully saturated rings. The van der Waals surface area contributed by atoms with Gasteiger partial charge in [-0.05, 0) is 68.5 Å². The van der Waals surface area contributed by atoms with Crippen molar-refractivity contribution in [1.29, 1.82) is 0 Å². The van der Waals surface area contributed by atoms with Crippen LogP contribution in [-0.2, 0) is 6.42 Å². The minimum Gasteiger partial charge on any atom is -0.314 e. The molecule has 2 heteroatoms. The Hall–Kier alpha value is -0.890. The second-order valence-electron chi connectivity index (χ2n) is 6.78. The quantitative estimate of drug-likeness (QED) is 0.855. The predicted octanol–water partition coefficient (Wildman–Crippen LogP) is 4.46. The van der Waals surface area contributed by atoms with Gasteiger partial charge in [-0.1, -0.05) is 31.0 Å². The van der Waals surface area contributed by atoms with E-state index >= 15 is 0 Å². The van der Waals surface area contributed by atoms with Gasteiger partial charge in [-0.3, -0.25) is 0 Å². The van der Waals surface area contributed by atoms with Crippen molar-refractivity contribution in [2.45, 2.75) is 63.8 Å². The highest BCUT2D eigenvalue weighted by Gasteiger charge is 2.37. The van der Waals surface area contributed by atoms with Gasteiger partial charge in [0.15, 0.2) is 0 Å². The molecule has 0 unspecified atom stereocenters. The second-order valence-corrected chi connectivity index (χ2v) is 6.78. The lowest BCUT2D eigenvalue weighted by atomic mass is 9.71. The molecule has 1 N–H and O–H groups in total. The monoisotopic (exact) mass is 275 g/mol. The van der Waals surface area contributed by atoms with Crippen molar-refractivity contribution < 1.29 is 4.39 Å². The van der Waals surface area contributed by atoms with Gasteiger partial charge < -0.3 is 5.32 Å². The molecule has 1 aromatic carbocycles. The zero-order valence-corrected chi connectivity index (χ0v) is 12.3. The Morgan fingerprint density at radius 2 is 1.75 bits per heavy atom. The summed E-state index contributed by atoms with van der Waals surface area (Å²) in [5, 5.41) is 3.64. The molecule has 3 rings (SSSR count). The van der Waals surface area contributed by atoms with Crippen molar-refractivity contribution >= 4 is 0 Å². The van der Waals surface area contributed by atoms with Gasteiger partial charge in [0.05, 0.1) is 0 Å². The van der Waals surface area contributed by atoms with Crippen LogP contribution in [0.15, 0.2) is 24.3 Å². The summed E-state index contributed by atoms with van der Waals surface area (Å²) in [6, 6.07) is 7.79. The zero-order valence-electron chi connectivity index (χ0n) is 12.3. The van der Waals surface area contributed by atoms with Crippen molar-refractivity contribution in [3.63, 3.8) is 0 Å². The number of benzene rings is 1. The molecule has 0 aromatic heterocycles. The average Bonchev–Trinajstić information content (AvgIpc) is 2.92. The standard InChI is InChI=1S/C18H26FN/c19-17-6-2-1-5-15(17)9-14-20-16-7-12-18(13-8-16)10-3-4-11-18/h1-2,5-6,16,20H,3-4,7-14H2. The summed E-state index contributed by atoms with van der Waals surface area (Å²) in [4.78, 5) is 0. The second kappa shape index (κ2) is 6.26. The topological polar surface area (TPSA) is 12.0 Å². The average molecular weight is 275 g/mol. The molecule has 20 heavy (non-hydrogen) atoms. The lowest BCUT2D eigenvalue weighted by Gasteiger charge is -2.37. The smallest absolute Gasteiger partial charge is 0.126 e. The first-order valence-electron chi connectivity index (χ1n) is 8.24. The van der Waals surface area contributed by atoms with E-state index in [1.54, 1.807) is 12.1 Å². The molecule has 0 atom stereocenters. The fourth-order valence-electron chi connectivity index (χ4n) is 4.17. The normalized spacial score (nSPS) is 22.4. The molecule has 110 valence electrons. The number of rotatable bonds is 4. The van der Waals surface area contributed by atoms with E-state index < -0.39 is 0 Å². The molecule has 1 spiro atoms. The van der Waals surface area contributed by atoms with Crippen LogP contribution in [0.25, 0.3) is 0 Å². The van der Waals surface area contributed by atoms with Crippen LogP contribution in [0.5, 0.6) is 0 Å². The van der Waals surface area contributed by atoms with E-state index in [1.165, 1.54) is 51.4 Å². The minimum atomic E-state index is -0.0668. The zero-order chi connectivity index (χ0) is 13.8. The number of halogens is 1. The molecule has 0 radical (unpaired) electrons. The molecule has 0 amide bonds. The highest BCUT2D eigenvalue weighted by atomic mass is 19.1. The van der Waals surface area contributed by atoms with Crippen molar-refractivity contribution in [2.75, 3.05) is 6.54 Å². The fourth-order valence-corrected chi connectivity index (χ4v) is 4.17. The van der Waals surface area contributed by atoms with E-state index in [2.05, 4.69) is 5.32 Å². The van der Waals surface area contributed by atoms with Gasteiger partial charge >= 0.3 is 0 Å². The number of nitrogens with one attached hydrogen (secondary N) is 1. The largest absolute Gasteiger partial charge is 0.314 e. The van der Waals surface area contributed by atoms with Crippen molar-refractivity contribution in [1.82, 2.24) is 5.32 Å². The Balaban J connectivity index is 1.41. The van der Waals surface area contributed by atoms with Gasteiger partial charge in [-0.25, -0.2) is 4.39 Å². The fraction of sp³-hybridized carbons (Fsp3) is 0.667. The summed E-state index contributed by atoms with van der Waals surface area (Å²) < 4.78 is 13.5. The van der Waals surface area contributed by atoms with Gasteiger partial charge in [-0.2, -0.15) is 0 Å². The Bertz CT molecular complexity index is 427. The molecule has 0 saturated heterocycles. The van der Waals surface area contributed by atoms with Crippen LogP contribution in [0.2, 0.25) is 0 Å². The summed E-state index contributed by atoms with van der Waals surface area (Å²) in [5.41, 5.74) is 1.55. The summed E-state index contributed by atoms with van der Waals surface area (Å²) in [5.74, 6) is -0.0668. The van der Waals surface area contributed by atoms with Crippen LogP contribution in [0.1, 0.15) is 56.9 Å². The van der Waals surface area contributed by atoms with Crippen molar-refractivity contribution in [3.8, 4) is 0 Å². The predicted molar refractivity (Wildman–Crippen MR) is 81.3 cm³/mol. The maximum absolute atomic E-state index is 13.5.